The monoisotopic (exact) mass is 276 g/mol. The average Bonchev–Trinajstić information content (AvgIpc) is 2.45. The van der Waals surface area contributed by atoms with Gasteiger partial charge in [0.25, 0.3) is 0 Å². The highest BCUT2D eigenvalue weighted by Crippen LogP contribution is 2.33. The highest BCUT2D eigenvalue weighted by Gasteiger charge is 2.35. The average molecular weight is 276 g/mol. The molecule has 0 aliphatic carbocycles. The van der Waals surface area contributed by atoms with Crippen molar-refractivity contribution in [3.05, 3.63) is 36.9 Å². The molecule has 2 atom stereocenters. The normalized spacial score (nSPS) is 18.6. The van der Waals surface area contributed by atoms with Gasteiger partial charge in [-0.2, -0.15) is 0 Å². The van der Waals surface area contributed by atoms with Crippen molar-refractivity contribution in [3.8, 4) is 5.75 Å². The Morgan fingerprint density at radius 1 is 1.55 bits per heavy atom. The summed E-state index contributed by atoms with van der Waals surface area (Å²) in [6.07, 6.45) is 0.796. The Hall–Kier alpha value is -2.34. The van der Waals surface area contributed by atoms with Crippen LogP contribution in [0.3, 0.4) is 0 Å². The van der Waals surface area contributed by atoms with E-state index in [1.54, 1.807) is 30.3 Å². The number of anilines is 1. The first-order valence-electron chi connectivity index (χ1n) is 6.21. The van der Waals surface area contributed by atoms with Crippen molar-refractivity contribution in [2.24, 2.45) is 5.73 Å². The standard InChI is InChI=1S/C14H16N2O4/c1-2-5-9(15)13(17)16-8-12(14(18)19)20-11-7-4-3-6-10(11)16/h2-4,6-7,9,12H,1,5,8,15H2,(H,18,19). The van der Waals surface area contributed by atoms with E-state index in [0.717, 1.165) is 0 Å². The number of carboxylic acid groups (broad SMARTS) is 1. The Labute approximate surface area is 116 Å². The molecule has 0 fully saturated rings. The molecular formula is C14H16N2O4. The van der Waals surface area contributed by atoms with Crippen molar-refractivity contribution in [1.82, 2.24) is 0 Å². The lowest BCUT2D eigenvalue weighted by Crippen LogP contribution is -2.52. The Kier molecular flexibility index (Phi) is 4.05. The summed E-state index contributed by atoms with van der Waals surface area (Å²) in [6, 6.07) is 6.06. The molecule has 2 unspecified atom stereocenters. The smallest absolute Gasteiger partial charge is 0.346 e. The summed E-state index contributed by atoms with van der Waals surface area (Å²) >= 11 is 0. The second-order valence-electron chi connectivity index (χ2n) is 4.49. The summed E-state index contributed by atoms with van der Waals surface area (Å²) in [7, 11) is 0. The van der Waals surface area contributed by atoms with Gasteiger partial charge >= 0.3 is 5.97 Å². The van der Waals surface area contributed by atoms with E-state index >= 15 is 0 Å². The van der Waals surface area contributed by atoms with E-state index in [0.29, 0.717) is 17.9 Å². The Bertz CT molecular complexity index is 544. The number of para-hydroxylation sites is 2. The van der Waals surface area contributed by atoms with Gasteiger partial charge in [0.1, 0.15) is 5.75 Å². The third kappa shape index (κ3) is 2.65. The van der Waals surface area contributed by atoms with E-state index in [-0.39, 0.29) is 12.5 Å². The molecule has 20 heavy (non-hydrogen) atoms. The van der Waals surface area contributed by atoms with E-state index in [4.69, 9.17) is 15.6 Å². The molecule has 1 amide bonds. The number of carboxylic acids is 1. The maximum absolute atomic E-state index is 12.3. The van der Waals surface area contributed by atoms with Gasteiger partial charge in [-0.15, -0.1) is 6.58 Å². The second-order valence-corrected chi connectivity index (χ2v) is 4.49. The van der Waals surface area contributed by atoms with Gasteiger partial charge in [-0.1, -0.05) is 18.2 Å². The lowest BCUT2D eigenvalue weighted by atomic mass is 10.1. The molecule has 1 aliphatic rings. The SMILES string of the molecule is C=CCC(N)C(=O)N1CC(C(=O)O)Oc2ccccc21. The van der Waals surface area contributed by atoms with Crippen LogP contribution < -0.4 is 15.4 Å². The number of carbonyl (C=O) groups is 2. The molecule has 106 valence electrons. The lowest BCUT2D eigenvalue weighted by molar-refractivity contribution is -0.145. The molecule has 0 aromatic heterocycles. The summed E-state index contributed by atoms with van der Waals surface area (Å²) in [6.45, 7) is 3.49. The molecule has 0 bridgehead atoms. The molecular weight excluding hydrogens is 260 g/mol. The number of fused-ring (bicyclic) bond motifs is 1. The number of aliphatic carboxylic acids is 1. The summed E-state index contributed by atoms with van der Waals surface area (Å²) in [5.74, 6) is -1.09. The van der Waals surface area contributed by atoms with Gasteiger partial charge in [-0.05, 0) is 18.6 Å². The van der Waals surface area contributed by atoms with Crippen LogP contribution in [0.4, 0.5) is 5.69 Å². The molecule has 6 nitrogen and oxygen atoms in total. The number of amides is 1. The number of hydrogen-bond acceptors (Lipinski definition) is 4. The van der Waals surface area contributed by atoms with Crippen LogP contribution in [-0.2, 0) is 9.59 Å². The highest BCUT2D eigenvalue weighted by atomic mass is 16.5. The first-order chi connectivity index (χ1) is 9.54. The van der Waals surface area contributed by atoms with Crippen LogP contribution in [0.5, 0.6) is 5.75 Å². The Balaban J connectivity index is 2.33. The van der Waals surface area contributed by atoms with Crippen LogP contribution in [0.15, 0.2) is 36.9 Å². The maximum Gasteiger partial charge on any atom is 0.346 e. The molecule has 1 heterocycles. The van der Waals surface area contributed by atoms with Gasteiger partial charge < -0.3 is 20.5 Å². The molecule has 0 saturated carbocycles. The molecule has 0 radical (unpaired) electrons. The fraction of sp³-hybridized carbons (Fsp3) is 0.286. The van der Waals surface area contributed by atoms with E-state index in [1.165, 1.54) is 4.90 Å². The fourth-order valence-corrected chi connectivity index (χ4v) is 2.05. The highest BCUT2D eigenvalue weighted by molar-refractivity contribution is 5.99. The predicted molar refractivity (Wildman–Crippen MR) is 73.6 cm³/mol. The number of hydrogen-bond donors (Lipinski definition) is 2. The number of nitrogens with two attached hydrogens (primary N) is 1. The predicted octanol–water partition coefficient (Wildman–Crippen LogP) is 0.769. The number of ether oxygens (including phenoxy) is 1. The van der Waals surface area contributed by atoms with Crippen molar-refractivity contribution in [2.75, 3.05) is 11.4 Å². The number of carbonyl (C=O) groups excluding carboxylic acids is 1. The molecule has 6 heteroatoms. The van der Waals surface area contributed by atoms with Gasteiger partial charge in [0.2, 0.25) is 12.0 Å². The Morgan fingerprint density at radius 2 is 2.25 bits per heavy atom. The zero-order valence-corrected chi connectivity index (χ0v) is 10.9. The van der Waals surface area contributed by atoms with E-state index in [9.17, 15) is 9.59 Å². The first kappa shape index (κ1) is 14.1. The third-order valence-electron chi connectivity index (χ3n) is 3.05. The van der Waals surface area contributed by atoms with Crippen molar-refractivity contribution in [2.45, 2.75) is 18.6 Å². The molecule has 1 aromatic rings. The fourth-order valence-electron chi connectivity index (χ4n) is 2.05. The minimum absolute atomic E-state index is 0.0595. The van der Waals surface area contributed by atoms with Crippen LogP contribution in [0.2, 0.25) is 0 Å². The van der Waals surface area contributed by atoms with Crippen LogP contribution in [0.25, 0.3) is 0 Å². The minimum Gasteiger partial charge on any atom is -0.478 e. The van der Waals surface area contributed by atoms with Crippen molar-refractivity contribution >= 4 is 17.6 Å². The molecule has 2 rings (SSSR count). The largest absolute Gasteiger partial charge is 0.478 e. The number of rotatable bonds is 4. The van der Waals surface area contributed by atoms with Crippen LogP contribution >= 0.6 is 0 Å². The van der Waals surface area contributed by atoms with Gasteiger partial charge in [-0.25, -0.2) is 4.79 Å². The molecule has 3 N–H and O–H groups in total. The quantitative estimate of drug-likeness (QED) is 0.792. The van der Waals surface area contributed by atoms with Gasteiger partial charge in [-0.3, -0.25) is 4.79 Å². The summed E-state index contributed by atoms with van der Waals surface area (Å²) < 4.78 is 5.36. The van der Waals surface area contributed by atoms with Crippen molar-refractivity contribution in [1.29, 1.82) is 0 Å². The van der Waals surface area contributed by atoms with Crippen molar-refractivity contribution < 1.29 is 19.4 Å². The maximum atomic E-state index is 12.3. The Morgan fingerprint density at radius 3 is 2.90 bits per heavy atom. The van der Waals surface area contributed by atoms with E-state index in [1.807, 2.05) is 0 Å². The number of nitrogens with zero attached hydrogens (tertiary/aromatic N) is 1. The molecule has 1 aromatic carbocycles. The van der Waals surface area contributed by atoms with E-state index < -0.39 is 18.1 Å². The second kappa shape index (κ2) is 5.75. The van der Waals surface area contributed by atoms with Crippen molar-refractivity contribution in [3.63, 3.8) is 0 Å². The lowest BCUT2D eigenvalue weighted by Gasteiger charge is -2.34. The van der Waals surface area contributed by atoms with Crippen LogP contribution in [0, 0.1) is 0 Å². The van der Waals surface area contributed by atoms with Gasteiger partial charge in [0, 0.05) is 0 Å². The molecule has 1 aliphatic heterocycles. The van der Waals surface area contributed by atoms with Gasteiger partial charge in [0.05, 0.1) is 18.3 Å². The summed E-state index contributed by atoms with van der Waals surface area (Å²) in [4.78, 5) is 24.8. The zero-order chi connectivity index (χ0) is 14.7. The van der Waals surface area contributed by atoms with E-state index in [2.05, 4.69) is 6.58 Å². The molecule has 0 spiro atoms. The first-order valence-corrected chi connectivity index (χ1v) is 6.21. The minimum atomic E-state index is -1.12. The van der Waals surface area contributed by atoms with Gasteiger partial charge in [0.15, 0.2) is 0 Å². The van der Waals surface area contributed by atoms with Crippen LogP contribution in [0.1, 0.15) is 6.42 Å². The topological polar surface area (TPSA) is 92.9 Å². The third-order valence-corrected chi connectivity index (χ3v) is 3.05. The number of benzene rings is 1. The zero-order valence-electron chi connectivity index (χ0n) is 10.9. The molecule has 0 saturated heterocycles. The van der Waals surface area contributed by atoms with Crippen LogP contribution in [-0.4, -0.2) is 35.7 Å². The summed E-state index contributed by atoms with van der Waals surface area (Å²) in [5, 5.41) is 9.09. The summed E-state index contributed by atoms with van der Waals surface area (Å²) in [5.41, 5.74) is 6.32.